The number of carbonyl (C=O) groups excluding carboxylic acids is 1. The minimum Gasteiger partial charge on any atom is -0.494 e. The zero-order valence-electron chi connectivity index (χ0n) is 9.19. The molecule has 0 radical (unpaired) electrons. The number of hydrogen-bond acceptors (Lipinski definition) is 2. The Morgan fingerprint density at radius 1 is 1.27 bits per heavy atom. The predicted octanol–water partition coefficient (Wildman–Crippen LogP) is 3.08. The maximum absolute atomic E-state index is 10.6. The molecular formula is C13H16O2. The van der Waals surface area contributed by atoms with E-state index in [2.05, 4.69) is 0 Å². The predicted molar refractivity (Wildman–Crippen MR) is 61.9 cm³/mol. The Morgan fingerprint density at radius 2 is 1.93 bits per heavy atom. The minimum absolute atomic E-state index is 0.670. The van der Waals surface area contributed by atoms with E-state index in [0.29, 0.717) is 6.61 Å². The van der Waals surface area contributed by atoms with Crippen molar-refractivity contribution in [3.05, 3.63) is 35.4 Å². The van der Waals surface area contributed by atoms with Crippen LogP contribution in [0.15, 0.2) is 29.8 Å². The lowest BCUT2D eigenvalue weighted by Gasteiger charge is -2.02. The molecule has 80 valence electrons. The molecule has 0 spiro atoms. The molecule has 0 fully saturated rings. The highest BCUT2D eigenvalue weighted by Crippen LogP contribution is 2.14. The third-order valence-corrected chi connectivity index (χ3v) is 2.10. The fourth-order valence-corrected chi connectivity index (χ4v) is 1.26. The van der Waals surface area contributed by atoms with Crippen LogP contribution in [0.4, 0.5) is 0 Å². The van der Waals surface area contributed by atoms with Crippen LogP contribution in [0.1, 0.15) is 25.8 Å². The number of ether oxygens (including phenoxy) is 1. The largest absolute Gasteiger partial charge is 0.494 e. The second-order valence-electron chi connectivity index (χ2n) is 3.19. The third-order valence-electron chi connectivity index (χ3n) is 2.10. The zero-order chi connectivity index (χ0) is 11.1. The van der Waals surface area contributed by atoms with E-state index >= 15 is 0 Å². The number of carbonyl (C=O) groups is 1. The molecule has 0 amide bonds. The average Bonchev–Trinajstić information content (AvgIpc) is 2.28. The number of rotatable bonds is 5. The molecule has 0 aromatic heterocycles. The van der Waals surface area contributed by atoms with Crippen molar-refractivity contribution in [3.63, 3.8) is 0 Å². The van der Waals surface area contributed by atoms with Gasteiger partial charge in [-0.05, 0) is 42.7 Å². The Hall–Kier alpha value is -1.57. The summed E-state index contributed by atoms with van der Waals surface area (Å²) in [5.74, 6) is 0.860. The fourth-order valence-electron chi connectivity index (χ4n) is 1.26. The van der Waals surface area contributed by atoms with Gasteiger partial charge in [0.15, 0.2) is 0 Å². The summed E-state index contributed by atoms with van der Waals surface area (Å²) in [5.41, 5.74) is 1.83. The summed E-state index contributed by atoms with van der Waals surface area (Å²) in [5, 5.41) is 0. The quantitative estimate of drug-likeness (QED) is 0.544. The summed E-state index contributed by atoms with van der Waals surface area (Å²) in [6.07, 6.45) is 3.55. The van der Waals surface area contributed by atoms with E-state index in [9.17, 15) is 4.79 Å². The maximum atomic E-state index is 10.6. The summed E-state index contributed by atoms with van der Waals surface area (Å²) in [6, 6.07) is 7.72. The van der Waals surface area contributed by atoms with Crippen LogP contribution < -0.4 is 4.74 Å². The maximum Gasteiger partial charge on any atom is 0.146 e. The Labute approximate surface area is 90.6 Å². The van der Waals surface area contributed by atoms with E-state index in [1.165, 1.54) is 0 Å². The molecule has 0 aliphatic heterocycles. The second kappa shape index (κ2) is 6.02. The highest BCUT2D eigenvalue weighted by Gasteiger charge is 1.94. The zero-order valence-corrected chi connectivity index (χ0v) is 9.19. The molecule has 0 aliphatic rings. The number of allylic oxidation sites excluding steroid dienone is 1. The number of aldehydes is 1. The molecule has 1 rings (SSSR count). The molecule has 0 saturated carbocycles. The van der Waals surface area contributed by atoms with E-state index in [4.69, 9.17) is 4.74 Å². The van der Waals surface area contributed by atoms with Crippen molar-refractivity contribution in [2.45, 2.75) is 20.3 Å². The summed E-state index contributed by atoms with van der Waals surface area (Å²) in [4.78, 5) is 10.6. The highest BCUT2D eigenvalue weighted by molar-refractivity contribution is 5.81. The Kier molecular flexibility index (Phi) is 4.61. The summed E-state index contributed by atoms with van der Waals surface area (Å²) >= 11 is 0. The molecule has 0 bridgehead atoms. The fraction of sp³-hybridized carbons (Fsp3) is 0.308. The molecular weight excluding hydrogens is 188 g/mol. The summed E-state index contributed by atoms with van der Waals surface area (Å²) in [6.45, 7) is 4.59. The van der Waals surface area contributed by atoms with E-state index in [0.717, 1.165) is 29.6 Å². The van der Waals surface area contributed by atoms with Gasteiger partial charge in [-0.3, -0.25) is 4.79 Å². The molecule has 1 aromatic carbocycles. The van der Waals surface area contributed by atoms with Crippen LogP contribution in [0.5, 0.6) is 5.75 Å². The first-order chi connectivity index (χ1) is 7.30. The third kappa shape index (κ3) is 3.58. The van der Waals surface area contributed by atoms with Crippen molar-refractivity contribution < 1.29 is 9.53 Å². The molecule has 0 atom stereocenters. The first-order valence-electron chi connectivity index (χ1n) is 5.18. The van der Waals surface area contributed by atoms with Gasteiger partial charge in [0.25, 0.3) is 0 Å². The van der Waals surface area contributed by atoms with Crippen LogP contribution >= 0.6 is 0 Å². The van der Waals surface area contributed by atoms with Crippen LogP contribution in [0, 0.1) is 0 Å². The van der Waals surface area contributed by atoms with Crippen molar-refractivity contribution in [2.24, 2.45) is 0 Å². The van der Waals surface area contributed by atoms with Crippen molar-refractivity contribution in [3.8, 4) is 5.75 Å². The topological polar surface area (TPSA) is 26.3 Å². The van der Waals surface area contributed by atoms with Gasteiger partial charge in [-0.1, -0.05) is 19.1 Å². The minimum atomic E-state index is 0.670. The molecule has 2 heteroatoms. The van der Waals surface area contributed by atoms with Crippen molar-refractivity contribution in [1.82, 2.24) is 0 Å². The van der Waals surface area contributed by atoms with Crippen LogP contribution in [0.2, 0.25) is 0 Å². The van der Waals surface area contributed by atoms with Crippen LogP contribution in [0.25, 0.3) is 6.08 Å². The molecule has 2 nitrogen and oxygen atoms in total. The molecule has 0 heterocycles. The monoisotopic (exact) mass is 204 g/mol. The van der Waals surface area contributed by atoms with Gasteiger partial charge in [-0.15, -0.1) is 0 Å². The number of hydrogen-bond donors (Lipinski definition) is 0. The van der Waals surface area contributed by atoms with Gasteiger partial charge in [-0.25, -0.2) is 0 Å². The van der Waals surface area contributed by atoms with Gasteiger partial charge in [0.2, 0.25) is 0 Å². The van der Waals surface area contributed by atoms with E-state index < -0.39 is 0 Å². The molecule has 0 unspecified atom stereocenters. The molecule has 0 saturated heterocycles. The van der Waals surface area contributed by atoms with Crippen molar-refractivity contribution in [1.29, 1.82) is 0 Å². The SMILES string of the molecule is CCOc1ccc(/C=C(/C=O)CC)cc1. The normalized spacial score (nSPS) is 11.2. The van der Waals surface area contributed by atoms with Gasteiger partial charge in [0.05, 0.1) is 6.61 Å². The molecule has 1 aromatic rings. The summed E-state index contributed by atoms with van der Waals surface area (Å²) in [7, 11) is 0. The van der Waals surface area contributed by atoms with Gasteiger partial charge in [0, 0.05) is 0 Å². The second-order valence-corrected chi connectivity index (χ2v) is 3.19. The first-order valence-corrected chi connectivity index (χ1v) is 5.18. The summed E-state index contributed by atoms with van der Waals surface area (Å²) < 4.78 is 5.33. The lowest BCUT2D eigenvalue weighted by atomic mass is 10.1. The van der Waals surface area contributed by atoms with Crippen molar-refractivity contribution in [2.75, 3.05) is 6.61 Å². The standard InChI is InChI=1S/C13H16O2/c1-3-11(10-14)9-12-5-7-13(8-6-12)15-4-2/h5-10H,3-4H2,1-2H3/b11-9+. The molecule has 0 aliphatic carbocycles. The van der Waals surface area contributed by atoms with E-state index in [1.54, 1.807) is 0 Å². The molecule has 0 N–H and O–H groups in total. The van der Waals surface area contributed by atoms with E-state index in [1.807, 2.05) is 44.2 Å². The van der Waals surface area contributed by atoms with Crippen LogP contribution in [-0.4, -0.2) is 12.9 Å². The number of benzene rings is 1. The lowest BCUT2D eigenvalue weighted by molar-refractivity contribution is -0.104. The van der Waals surface area contributed by atoms with Crippen molar-refractivity contribution >= 4 is 12.4 Å². The average molecular weight is 204 g/mol. The van der Waals surface area contributed by atoms with Crippen LogP contribution in [-0.2, 0) is 4.79 Å². The van der Waals surface area contributed by atoms with Gasteiger partial charge in [-0.2, -0.15) is 0 Å². The Balaban J connectivity index is 2.79. The van der Waals surface area contributed by atoms with Gasteiger partial charge < -0.3 is 4.74 Å². The van der Waals surface area contributed by atoms with Gasteiger partial charge >= 0.3 is 0 Å². The Bertz CT molecular complexity index is 336. The smallest absolute Gasteiger partial charge is 0.146 e. The highest BCUT2D eigenvalue weighted by atomic mass is 16.5. The molecule has 15 heavy (non-hydrogen) atoms. The Morgan fingerprint density at radius 3 is 2.40 bits per heavy atom. The van der Waals surface area contributed by atoms with Gasteiger partial charge in [0.1, 0.15) is 12.0 Å². The van der Waals surface area contributed by atoms with E-state index in [-0.39, 0.29) is 0 Å². The lowest BCUT2D eigenvalue weighted by Crippen LogP contribution is -1.90. The van der Waals surface area contributed by atoms with Crippen LogP contribution in [0.3, 0.4) is 0 Å². The first kappa shape index (κ1) is 11.5.